The largest absolute Gasteiger partial charge is 0.325 e. The molecule has 0 aromatic heterocycles. The van der Waals surface area contributed by atoms with Crippen LogP contribution in [0, 0.1) is 6.92 Å². The van der Waals surface area contributed by atoms with Gasteiger partial charge in [-0.2, -0.15) is 0 Å². The third-order valence-corrected chi connectivity index (χ3v) is 2.68. The van der Waals surface area contributed by atoms with Gasteiger partial charge in [0.15, 0.2) is 0 Å². The van der Waals surface area contributed by atoms with Crippen LogP contribution in [-0.2, 0) is 0 Å². The Bertz CT molecular complexity index is 47.8. The van der Waals surface area contributed by atoms with Gasteiger partial charge in [0.1, 0.15) is 0 Å². The molecule has 0 amide bonds. The van der Waals surface area contributed by atoms with E-state index in [-0.39, 0.29) is 0 Å². The molecule has 0 aromatic rings. The first-order valence-corrected chi connectivity index (χ1v) is 4.80. The molecular weight excluding hydrogens is 134 g/mol. The summed E-state index contributed by atoms with van der Waals surface area (Å²) in [5.74, 6) is 0. The third kappa shape index (κ3) is 4.41. The fourth-order valence-electron chi connectivity index (χ4n) is 1.34. The Labute approximate surface area is 73.0 Å². The molecule has 0 fully saturated rings. The van der Waals surface area contributed by atoms with Crippen LogP contribution in [0.2, 0.25) is 0 Å². The summed E-state index contributed by atoms with van der Waals surface area (Å²) < 4.78 is 1.28. The first-order chi connectivity index (χ1) is 5.24. The highest BCUT2D eigenvalue weighted by atomic mass is 15.3. The fraction of sp³-hybridized carbons (Fsp3) is 0.900. The van der Waals surface area contributed by atoms with Crippen molar-refractivity contribution in [1.82, 2.24) is 0 Å². The molecule has 1 radical (unpaired) electrons. The van der Waals surface area contributed by atoms with Gasteiger partial charge in [-0.05, 0) is 27.7 Å². The molecule has 0 unspecified atom stereocenters. The van der Waals surface area contributed by atoms with Crippen LogP contribution >= 0.6 is 0 Å². The van der Waals surface area contributed by atoms with Gasteiger partial charge in [-0.15, -0.1) is 0 Å². The lowest BCUT2D eigenvalue weighted by atomic mass is 10.3. The van der Waals surface area contributed by atoms with Crippen molar-refractivity contribution in [3.8, 4) is 0 Å². The predicted octanol–water partition coefficient (Wildman–Crippen LogP) is 2.72. The molecule has 11 heavy (non-hydrogen) atoms. The molecule has 0 N–H and O–H groups in total. The topological polar surface area (TPSA) is 0 Å². The average molecular weight is 159 g/mol. The molecule has 1 heteroatoms. The molecule has 0 aliphatic heterocycles. The maximum Gasteiger partial charge on any atom is 0.0757 e. The molecular formula is C10H25N+. The van der Waals surface area contributed by atoms with E-state index in [1.807, 2.05) is 0 Å². The zero-order valence-corrected chi connectivity index (χ0v) is 8.98. The minimum Gasteiger partial charge on any atom is -0.325 e. The lowest BCUT2D eigenvalue weighted by molar-refractivity contribution is -0.921. The van der Waals surface area contributed by atoms with Crippen molar-refractivity contribution in [3.05, 3.63) is 6.92 Å². The molecule has 0 rings (SSSR count). The third-order valence-electron chi connectivity index (χ3n) is 2.68. The zero-order valence-electron chi connectivity index (χ0n) is 8.98. The first kappa shape index (κ1) is 13.5. The van der Waals surface area contributed by atoms with Crippen molar-refractivity contribution < 1.29 is 4.48 Å². The Kier molecular flexibility index (Phi) is 9.92. The van der Waals surface area contributed by atoms with Crippen LogP contribution < -0.4 is 0 Å². The summed E-state index contributed by atoms with van der Waals surface area (Å²) in [5.41, 5.74) is 0. The quantitative estimate of drug-likeness (QED) is 0.553. The number of hydrogen-bond acceptors (Lipinski definition) is 0. The van der Waals surface area contributed by atoms with Crippen molar-refractivity contribution in [3.63, 3.8) is 0 Å². The second-order valence-electron chi connectivity index (χ2n) is 2.61. The average Bonchev–Trinajstić information content (AvgIpc) is 2.13. The van der Waals surface area contributed by atoms with E-state index in [4.69, 9.17) is 0 Å². The van der Waals surface area contributed by atoms with Gasteiger partial charge < -0.3 is 4.48 Å². The normalized spacial score (nSPS) is 10.4. The van der Waals surface area contributed by atoms with Crippen LogP contribution in [0.3, 0.4) is 0 Å². The molecule has 0 atom stereocenters. The van der Waals surface area contributed by atoms with Crippen LogP contribution in [0.1, 0.15) is 34.6 Å². The molecule has 0 saturated heterocycles. The van der Waals surface area contributed by atoms with Crippen LogP contribution in [0.25, 0.3) is 0 Å². The van der Waals surface area contributed by atoms with E-state index in [2.05, 4.69) is 34.6 Å². The van der Waals surface area contributed by atoms with Gasteiger partial charge in [-0.1, -0.05) is 13.8 Å². The minimum absolute atomic E-state index is 1.28. The van der Waals surface area contributed by atoms with Gasteiger partial charge in [0.05, 0.1) is 26.2 Å². The maximum absolute atomic E-state index is 3.25. The summed E-state index contributed by atoms with van der Waals surface area (Å²) in [4.78, 5) is 0. The van der Waals surface area contributed by atoms with E-state index in [9.17, 15) is 0 Å². The van der Waals surface area contributed by atoms with E-state index in [1.54, 1.807) is 6.92 Å². The van der Waals surface area contributed by atoms with Crippen LogP contribution in [0.5, 0.6) is 0 Å². The monoisotopic (exact) mass is 159 g/mol. The Morgan fingerprint density at radius 3 is 0.909 bits per heavy atom. The fourth-order valence-corrected chi connectivity index (χ4v) is 1.34. The number of hydrogen-bond donors (Lipinski definition) is 0. The molecule has 0 aromatic carbocycles. The van der Waals surface area contributed by atoms with Crippen molar-refractivity contribution in [1.29, 1.82) is 0 Å². The number of rotatable bonds is 4. The van der Waals surface area contributed by atoms with E-state index < -0.39 is 0 Å². The summed E-state index contributed by atoms with van der Waals surface area (Å²) in [5, 5.41) is 0. The lowest BCUT2D eigenvalue weighted by Crippen LogP contribution is -2.47. The summed E-state index contributed by atoms with van der Waals surface area (Å²) in [6.07, 6.45) is 0. The van der Waals surface area contributed by atoms with Crippen molar-refractivity contribution in [2.24, 2.45) is 0 Å². The number of quaternary nitrogens is 1. The molecule has 69 valence electrons. The first-order valence-electron chi connectivity index (χ1n) is 4.80. The molecule has 0 saturated carbocycles. The molecule has 0 bridgehead atoms. The predicted molar refractivity (Wildman–Crippen MR) is 53.5 cm³/mol. The molecule has 0 heterocycles. The Morgan fingerprint density at radius 1 is 0.727 bits per heavy atom. The highest BCUT2D eigenvalue weighted by Gasteiger charge is 2.16. The second kappa shape index (κ2) is 8.06. The van der Waals surface area contributed by atoms with Crippen LogP contribution in [0.4, 0.5) is 0 Å². The van der Waals surface area contributed by atoms with E-state index in [1.165, 1.54) is 30.7 Å². The van der Waals surface area contributed by atoms with Gasteiger partial charge in [0.25, 0.3) is 0 Å². The van der Waals surface area contributed by atoms with Crippen molar-refractivity contribution in [2.45, 2.75) is 34.6 Å². The molecule has 0 spiro atoms. The SMILES string of the molecule is CC[N+](CC)(CC)CC.[CH2]C. The Hall–Kier alpha value is -0.0400. The second-order valence-corrected chi connectivity index (χ2v) is 2.61. The standard InChI is InChI=1S/C8H20N.C2H5/c1-5-9(6-2,7-3)8-4;1-2/h5-8H2,1-4H3;1H2,2H3/q+1;. The van der Waals surface area contributed by atoms with Gasteiger partial charge in [-0.25, -0.2) is 0 Å². The lowest BCUT2D eigenvalue weighted by Gasteiger charge is -2.34. The zero-order chi connectivity index (χ0) is 9.33. The highest BCUT2D eigenvalue weighted by Crippen LogP contribution is 2.03. The maximum atomic E-state index is 3.25. The van der Waals surface area contributed by atoms with Crippen molar-refractivity contribution in [2.75, 3.05) is 26.2 Å². The van der Waals surface area contributed by atoms with Crippen LogP contribution in [-0.4, -0.2) is 30.7 Å². The van der Waals surface area contributed by atoms with Crippen molar-refractivity contribution >= 4 is 0 Å². The van der Waals surface area contributed by atoms with Gasteiger partial charge >= 0.3 is 0 Å². The van der Waals surface area contributed by atoms with Crippen LogP contribution in [0.15, 0.2) is 0 Å². The van der Waals surface area contributed by atoms with E-state index in [0.29, 0.717) is 0 Å². The van der Waals surface area contributed by atoms with Gasteiger partial charge in [0.2, 0.25) is 0 Å². The summed E-state index contributed by atoms with van der Waals surface area (Å²) >= 11 is 0. The molecule has 1 nitrogen and oxygen atoms in total. The van der Waals surface area contributed by atoms with Gasteiger partial charge in [0, 0.05) is 0 Å². The summed E-state index contributed by atoms with van der Waals surface area (Å²) in [6.45, 7) is 19.2. The molecule has 0 aliphatic carbocycles. The summed E-state index contributed by atoms with van der Waals surface area (Å²) in [7, 11) is 0. The smallest absolute Gasteiger partial charge is 0.0757 e. The summed E-state index contributed by atoms with van der Waals surface area (Å²) in [6, 6.07) is 0. The molecule has 0 aliphatic rings. The highest BCUT2D eigenvalue weighted by molar-refractivity contribution is 4.31. The van der Waals surface area contributed by atoms with Gasteiger partial charge in [-0.3, -0.25) is 0 Å². The number of nitrogens with zero attached hydrogens (tertiary/aromatic N) is 1. The Balaban J connectivity index is 0. The minimum atomic E-state index is 1.28. The Morgan fingerprint density at radius 2 is 0.909 bits per heavy atom. The van der Waals surface area contributed by atoms with E-state index in [0.717, 1.165) is 0 Å². The van der Waals surface area contributed by atoms with E-state index >= 15 is 0 Å².